The van der Waals surface area contributed by atoms with Gasteiger partial charge in [0.05, 0.1) is 25.7 Å². The smallest absolute Gasteiger partial charge is 0.227 e. The van der Waals surface area contributed by atoms with Crippen LogP contribution in [-0.4, -0.2) is 60.6 Å². The number of hydrogen-bond donors (Lipinski definition) is 0. The molecule has 0 bridgehead atoms. The van der Waals surface area contributed by atoms with E-state index in [0.717, 1.165) is 37.7 Å². The number of carbonyl (C=O) groups excluding carboxylic acids is 1. The van der Waals surface area contributed by atoms with Gasteiger partial charge in [-0.3, -0.25) is 9.69 Å². The zero-order chi connectivity index (χ0) is 16.7. The second kappa shape index (κ2) is 6.45. The lowest BCUT2D eigenvalue weighted by atomic mass is 10.0. The summed E-state index contributed by atoms with van der Waals surface area (Å²) < 4.78 is 19.5. The Labute approximate surface area is 142 Å². The van der Waals surface area contributed by atoms with Crippen molar-refractivity contribution in [2.45, 2.75) is 38.3 Å². The first kappa shape index (κ1) is 16.0. The lowest BCUT2D eigenvalue weighted by molar-refractivity contribution is -0.139. The number of aryl methyl sites for hydroxylation is 1. The van der Waals surface area contributed by atoms with Crippen LogP contribution in [0, 0.1) is 18.7 Å². The summed E-state index contributed by atoms with van der Waals surface area (Å²) in [5.41, 5.74) is 1.37. The van der Waals surface area contributed by atoms with Crippen molar-refractivity contribution < 1.29 is 13.9 Å². The van der Waals surface area contributed by atoms with Crippen LogP contribution in [0.5, 0.6) is 0 Å². The van der Waals surface area contributed by atoms with Crippen LogP contribution >= 0.6 is 0 Å². The molecule has 2 saturated heterocycles. The molecule has 2 atom stereocenters. The van der Waals surface area contributed by atoms with Crippen LogP contribution in [0.25, 0.3) is 0 Å². The van der Waals surface area contributed by atoms with Gasteiger partial charge in [-0.05, 0) is 42.9 Å². The van der Waals surface area contributed by atoms with Gasteiger partial charge in [0.1, 0.15) is 5.82 Å². The average molecular weight is 332 g/mol. The van der Waals surface area contributed by atoms with E-state index in [1.807, 2.05) is 11.0 Å². The molecule has 0 unspecified atom stereocenters. The van der Waals surface area contributed by atoms with E-state index >= 15 is 0 Å². The number of morpholine rings is 1. The van der Waals surface area contributed by atoms with Crippen LogP contribution in [0.3, 0.4) is 0 Å². The van der Waals surface area contributed by atoms with Crippen LogP contribution < -0.4 is 0 Å². The molecule has 1 aromatic carbocycles. The molecule has 1 saturated carbocycles. The summed E-state index contributed by atoms with van der Waals surface area (Å²) in [7, 11) is 0. The molecule has 24 heavy (non-hydrogen) atoms. The van der Waals surface area contributed by atoms with Crippen molar-refractivity contribution in [1.29, 1.82) is 0 Å². The molecule has 4 nitrogen and oxygen atoms in total. The van der Waals surface area contributed by atoms with Gasteiger partial charge in [-0.25, -0.2) is 4.39 Å². The van der Waals surface area contributed by atoms with Gasteiger partial charge in [0.15, 0.2) is 0 Å². The van der Waals surface area contributed by atoms with Crippen LogP contribution in [0.4, 0.5) is 4.39 Å². The number of hydrogen-bond acceptors (Lipinski definition) is 3. The Morgan fingerprint density at radius 2 is 2.12 bits per heavy atom. The van der Waals surface area contributed by atoms with Crippen LogP contribution in [0.1, 0.15) is 24.0 Å². The van der Waals surface area contributed by atoms with Crippen molar-refractivity contribution in [3.05, 3.63) is 35.1 Å². The van der Waals surface area contributed by atoms with Gasteiger partial charge in [0.25, 0.3) is 0 Å². The molecule has 0 radical (unpaired) electrons. The molecule has 130 valence electrons. The fraction of sp³-hybridized carbons (Fsp3) is 0.632. The first-order valence-electron chi connectivity index (χ1n) is 8.98. The highest BCUT2D eigenvalue weighted by Gasteiger charge is 2.43. The predicted molar refractivity (Wildman–Crippen MR) is 89.2 cm³/mol. The second-order valence-electron chi connectivity index (χ2n) is 7.43. The largest absolute Gasteiger partial charge is 0.378 e. The monoisotopic (exact) mass is 332 g/mol. The highest BCUT2D eigenvalue weighted by molar-refractivity contribution is 5.79. The van der Waals surface area contributed by atoms with Crippen LogP contribution in [0.15, 0.2) is 18.2 Å². The van der Waals surface area contributed by atoms with E-state index in [1.165, 1.54) is 18.9 Å². The van der Waals surface area contributed by atoms with Gasteiger partial charge in [-0.15, -0.1) is 0 Å². The third-order valence-electron chi connectivity index (χ3n) is 5.66. The Hall–Kier alpha value is -1.46. The summed E-state index contributed by atoms with van der Waals surface area (Å²) >= 11 is 0. The third kappa shape index (κ3) is 3.20. The van der Waals surface area contributed by atoms with Gasteiger partial charge in [-0.2, -0.15) is 0 Å². The van der Waals surface area contributed by atoms with Crippen molar-refractivity contribution in [3.8, 4) is 0 Å². The highest BCUT2D eigenvalue weighted by Crippen LogP contribution is 2.38. The fourth-order valence-electron chi connectivity index (χ4n) is 4.02. The minimum Gasteiger partial charge on any atom is -0.378 e. The number of piperazine rings is 1. The third-order valence-corrected chi connectivity index (χ3v) is 5.66. The Morgan fingerprint density at radius 1 is 1.29 bits per heavy atom. The van der Waals surface area contributed by atoms with Crippen molar-refractivity contribution in [2.75, 3.05) is 32.8 Å². The lowest BCUT2D eigenvalue weighted by Gasteiger charge is -2.48. The maximum atomic E-state index is 13.7. The van der Waals surface area contributed by atoms with Crippen molar-refractivity contribution in [2.24, 2.45) is 5.92 Å². The molecule has 0 N–H and O–H groups in total. The summed E-state index contributed by atoms with van der Waals surface area (Å²) in [5, 5.41) is 0. The molecule has 5 heteroatoms. The standard InChI is InChI=1S/C19H25FN2O2/c1-13-2-3-14(8-17(13)20)9-19(23)21-6-7-22-16(10-21)11-24-12-18(22)15-4-5-15/h2-3,8,15-16,18H,4-7,9-12H2,1H3/t16-,18-/m1/s1. The molecule has 1 aliphatic carbocycles. The van der Waals surface area contributed by atoms with Gasteiger partial charge in [0.2, 0.25) is 5.91 Å². The van der Waals surface area contributed by atoms with Gasteiger partial charge >= 0.3 is 0 Å². The molecule has 2 heterocycles. The topological polar surface area (TPSA) is 32.8 Å². The minimum atomic E-state index is -0.238. The quantitative estimate of drug-likeness (QED) is 0.849. The summed E-state index contributed by atoms with van der Waals surface area (Å²) in [4.78, 5) is 17.1. The summed E-state index contributed by atoms with van der Waals surface area (Å²) in [5.74, 6) is 0.648. The summed E-state index contributed by atoms with van der Waals surface area (Å²) in [6.45, 7) is 5.73. The van der Waals surface area contributed by atoms with Crippen molar-refractivity contribution >= 4 is 5.91 Å². The Bertz CT molecular complexity index is 632. The van der Waals surface area contributed by atoms with Gasteiger partial charge in [-0.1, -0.05) is 12.1 Å². The number of carbonyl (C=O) groups is 1. The number of rotatable bonds is 3. The molecule has 0 spiro atoms. The molecule has 1 aromatic rings. The second-order valence-corrected chi connectivity index (χ2v) is 7.43. The van der Waals surface area contributed by atoms with E-state index in [4.69, 9.17) is 4.74 Å². The zero-order valence-electron chi connectivity index (χ0n) is 14.2. The number of fused-ring (bicyclic) bond motifs is 1. The number of nitrogens with zero attached hydrogens (tertiary/aromatic N) is 2. The Morgan fingerprint density at radius 3 is 2.88 bits per heavy atom. The van der Waals surface area contributed by atoms with Crippen molar-refractivity contribution in [3.63, 3.8) is 0 Å². The van der Waals surface area contributed by atoms with E-state index < -0.39 is 0 Å². The molecule has 3 fully saturated rings. The van der Waals surface area contributed by atoms with E-state index in [-0.39, 0.29) is 18.1 Å². The summed E-state index contributed by atoms with van der Waals surface area (Å²) in [6, 6.07) is 5.94. The number of benzene rings is 1. The Kier molecular flexibility index (Phi) is 4.31. The average Bonchev–Trinajstić information content (AvgIpc) is 3.42. The SMILES string of the molecule is Cc1ccc(CC(=O)N2CCN3[C@@H](COC[C@@H]3C3CC3)C2)cc1F. The van der Waals surface area contributed by atoms with E-state index in [0.29, 0.717) is 24.3 Å². The van der Waals surface area contributed by atoms with Crippen LogP contribution in [-0.2, 0) is 16.0 Å². The van der Waals surface area contributed by atoms with E-state index in [1.54, 1.807) is 13.0 Å². The molecule has 4 rings (SSSR count). The maximum Gasteiger partial charge on any atom is 0.227 e. The van der Waals surface area contributed by atoms with Crippen LogP contribution in [0.2, 0.25) is 0 Å². The molecular formula is C19H25FN2O2. The number of amides is 1. The molecule has 1 amide bonds. The molecule has 3 aliphatic rings. The maximum absolute atomic E-state index is 13.7. The fourth-order valence-corrected chi connectivity index (χ4v) is 4.02. The summed E-state index contributed by atoms with van der Waals surface area (Å²) in [6.07, 6.45) is 2.91. The van der Waals surface area contributed by atoms with E-state index in [2.05, 4.69) is 4.90 Å². The lowest BCUT2D eigenvalue weighted by Crippen LogP contribution is -2.63. The molecule has 0 aromatic heterocycles. The normalized spacial score (nSPS) is 27.8. The molecular weight excluding hydrogens is 307 g/mol. The predicted octanol–water partition coefficient (Wildman–Crippen LogP) is 2.00. The van der Waals surface area contributed by atoms with Crippen molar-refractivity contribution in [1.82, 2.24) is 9.80 Å². The zero-order valence-corrected chi connectivity index (χ0v) is 14.2. The minimum absolute atomic E-state index is 0.0893. The first-order valence-corrected chi connectivity index (χ1v) is 8.98. The van der Waals surface area contributed by atoms with E-state index in [9.17, 15) is 9.18 Å². The highest BCUT2D eigenvalue weighted by atomic mass is 19.1. The number of ether oxygens (including phenoxy) is 1. The molecule has 2 aliphatic heterocycles. The van der Waals surface area contributed by atoms with Gasteiger partial charge < -0.3 is 9.64 Å². The van der Waals surface area contributed by atoms with Gasteiger partial charge in [0, 0.05) is 25.7 Å². The first-order chi connectivity index (χ1) is 11.6. The Balaban J connectivity index is 1.38. The number of halogens is 1.